The molecule has 1 saturated heterocycles. The molecule has 6 nitrogen and oxygen atoms in total. The van der Waals surface area contributed by atoms with Gasteiger partial charge in [0.25, 0.3) is 5.91 Å². The molecule has 8 heteroatoms. The van der Waals surface area contributed by atoms with E-state index in [-0.39, 0.29) is 0 Å². The zero-order valence-corrected chi connectivity index (χ0v) is 12.1. The van der Waals surface area contributed by atoms with Crippen molar-refractivity contribution in [2.24, 2.45) is 11.6 Å². The third-order valence-electron chi connectivity index (χ3n) is 3.25. The highest BCUT2D eigenvalue weighted by Gasteiger charge is 2.47. The zero-order valence-electron chi connectivity index (χ0n) is 10.2. The van der Waals surface area contributed by atoms with Crippen LogP contribution in [0.5, 0.6) is 0 Å². The lowest BCUT2D eigenvalue weighted by molar-refractivity contribution is -0.137. The number of hydrogen-bond acceptors (Lipinski definition) is 5. The number of carbonyl (C=O) groups is 1. The van der Waals surface area contributed by atoms with Gasteiger partial charge in [0, 0.05) is 17.3 Å². The maximum atomic E-state index is 12.0. The first kappa shape index (κ1) is 14.3. The summed E-state index contributed by atoms with van der Waals surface area (Å²) in [6, 6.07) is 6.61. The molecule has 0 aromatic heterocycles. The summed E-state index contributed by atoms with van der Waals surface area (Å²) in [5, 5.41) is 3.35. The Hall–Kier alpha value is -1.07. The molecular weight excluding hydrogens is 287 g/mol. The molecule has 0 bridgehead atoms. The lowest BCUT2D eigenvalue weighted by atomic mass is 9.99. The van der Waals surface area contributed by atoms with E-state index in [1.807, 2.05) is 0 Å². The van der Waals surface area contributed by atoms with Crippen molar-refractivity contribution in [1.29, 1.82) is 0 Å². The number of carbonyl (C=O) groups excluding carboxylic acids is 1. The lowest BCUT2D eigenvalue weighted by Gasteiger charge is -2.40. The number of anilines is 1. The molecule has 1 aromatic carbocycles. The Morgan fingerprint density at radius 3 is 2.63 bits per heavy atom. The highest BCUT2D eigenvalue weighted by Crippen LogP contribution is 2.31. The molecule has 1 fully saturated rings. The molecule has 19 heavy (non-hydrogen) atoms. The van der Waals surface area contributed by atoms with Crippen LogP contribution in [0.1, 0.15) is 6.42 Å². The molecule has 104 valence electrons. The number of hydrazine groups is 1. The summed E-state index contributed by atoms with van der Waals surface area (Å²) in [4.78, 5) is 12.0. The number of piperidine rings is 1. The van der Waals surface area contributed by atoms with Crippen LogP contribution in [0.3, 0.4) is 0 Å². The minimum Gasteiger partial charge on any atom is -0.379 e. The summed E-state index contributed by atoms with van der Waals surface area (Å²) >= 11 is 5.80. The minimum atomic E-state index is -1.49. The van der Waals surface area contributed by atoms with Gasteiger partial charge >= 0.3 is 0 Å². The van der Waals surface area contributed by atoms with Crippen LogP contribution in [0.2, 0.25) is 5.02 Å². The summed E-state index contributed by atoms with van der Waals surface area (Å²) < 4.78 is 11.4. The van der Waals surface area contributed by atoms with Gasteiger partial charge in [-0.15, -0.1) is 0 Å². The van der Waals surface area contributed by atoms with E-state index in [4.69, 9.17) is 23.2 Å². The van der Waals surface area contributed by atoms with Crippen LogP contribution < -0.4 is 16.9 Å². The molecule has 1 aliphatic heterocycles. The molecule has 0 radical (unpaired) electrons. The van der Waals surface area contributed by atoms with Gasteiger partial charge in [-0.3, -0.25) is 9.80 Å². The van der Waals surface area contributed by atoms with Gasteiger partial charge in [-0.05, 0) is 30.7 Å². The highest BCUT2D eigenvalue weighted by atomic mass is 35.5. The number of nitrogens with two attached hydrogens (primary N) is 2. The molecule has 5 N–H and O–H groups in total. The van der Waals surface area contributed by atoms with Crippen LogP contribution in [0.15, 0.2) is 24.3 Å². The monoisotopic (exact) mass is 302 g/mol. The second-order valence-corrected chi connectivity index (χ2v) is 6.17. The van der Waals surface area contributed by atoms with Crippen LogP contribution in [-0.4, -0.2) is 28.8 Å². The normalized spacial score (nSPS) is 28.1. The van der Waals surface area contributed by atoms with E-state index in [0.29, 0.717) is 18.0 Å². The molecule has 2 rings (SSSR count). The fourth-order valence-corrected chi connectivity index (χ4v) is 2.88. The second kappa shape index (κ2) is 5.51. The Morgan fingerprint density at radius 1 is 1.42 bits per heavy atom. The molecular formula is C11H16ClN4O2P. The van der Waals surface area contributed by atoms with Gasteiger partial charge < -0.3 is 15.6 Å². The van der Waals surface area contributed by atoms with Crippen molar-refractivity contribution in [3.8, 4) is 0 Å². The van der Waals surface area contributed by atoms with Crippen LogP contribution in [-0.2, 0) is 9.36 Å². The van der Waals surface area contributed by atoms with E-state index in [2.05, 4.69) is 5.32 Å². The summed E-state index contributed by atoms with van der Waals surface area (Å²) in [7, 11) is -1.49. The first-order chi connectivity index (χ1) is 8.97. The SMILES string of the molecule is NN1CCC(Nc2ccc(Cl)cc2)[C@](N)([PH2]=O)C1=O. The van der Waals surface area contributed by atoms with Crippen LogP contribution in [0.4, 0.5) is 5.69 Å². The number of nitrogens with zero attached hydrogens (tertiary/aromatic N) is 1. The predicted octanol–water partition coefficient (Wildman–Crippen LogP) is 0.638. The lowest BCUT2D eigenvalue weighted by Crippen LogP contribution is -2.66. The average molecular weight is 303 g/mol. The molecule has 1 aromatic rings. The van der Waals surface area contributed by atoms with Crippen molar-refractivity contribution in [2.45, 2.75) is 17.7 Å². The number of benzene rings is 1. The Kier molecular flexibility index (Phi) is 4.16. The summed E-state index contributed by atoms with van der Waals surface area (Å²) in [5.41, 5.74) is 6.75. The topological polar surface area (TPSA) is 101 Å². The number of hydrogen-bond donors (Lipinski definition) is 3. The van der Waals surface area contributed by atoms with Crippen LogP contribution in [0, 0.1) is 0 Å². The molecule has 0 spiro atoms. The summed E-state index contributed by atoms with van der Waals surface area (Å²) in [6.45, 7) is 0.377. The van der Waals surface area contributed by atoms with Gasteiger partial charge in [-0.25, -0.2) is 5.84 Å². The number of nitrogens with one attached hydrogen (secondary N) is 1. The standard InChI is InChI=1S/C11H16ClN4O2P/c12-7-1-3-8(4-2-7)15-9-5-6-16(14)10(17)11(9,13)19-18/h1-4,9,15H,5-6,13-14,19H2/t9?,11-/m0/s1. The highest BCUT2D eigenvalue weighted by molar-refractivity contribution is 7.27. The molecule has 2 unspecified atom stereocenters. The number of amides is 1. The summed E-state index contributed by atoms with van der Waals surface area (Å²) in [6.07, 6.45) is 0.538. The van der Waals surface area contributed by atoms with E-state index in [1.165, 1.54) is 0 Å². The second-order valence-electron chi connectivity index (χ2n) is 4.54. The smallest absolute Gasteiger partial charge is 0.265 e. The van der Waals surface area contributed by atoms with Crippen molar-refractivity contribution in [3.05, 3.63) is 29.3 Å². The van der Waals surface area contributed by atoms with Crippen molar-refractivity contribution in [3.63, 3.8) is 0 Å². The molecule has 0 saturated carbocycles. The van der Waals surface area contributed by atoms with Crippen LogP contribution in [0.25, 0.3) is 0 Å². The van der Waals surface area contributed by atoms with Gasteiger partial charge in [-0.2, -0.15) is 0 Å². The first-order valence-electron chi connectivity index (χ1n) is 5.81. The molecule has 3 atom stereocenters. The van der Waals surface area contributed by atoms with E-state index in [1.54, 1.807) is 24.3 Å². The van der Waals surface area contributed by atoms with Gasteiger partial charge in [0.2, 0.25) is 0 Å². The third kappa shape index (κ3) is 2.77. The largest absolute Gasteiger partial charge is 0.379 e. The average Bonchev–Trinajstić information content (AvgIpc) is 2.42. The van der Waals surface area contributed by atoms with E-state index in [0.717, 1.165) is 10.7 Å². The maximum Gasteiger partial charge on any atom is 0.265 e. The molecule has 1 aliphatic rings. The Labute approximate surface area is 117 Å². The van der Waals surface area contributed by atoms with Crippen LogP contribution >= 0.6 is 20.1 Å². The quantitative estimate of drug-likeness (QED) is 0.432. The van der Waals surface area contributed by atoms with E-state index < -0.39 is 25.7 Å². The molecule has 0 aliphatic carbocycles. The zero-order chi connectivity index (χ0) is 14.0. The van der Waals surface area contributed by atoms with Gasteiger partial charge in [0.1, 0.15) is 0 Å². The van der Waals surface area contributed by atoms with E-state index >= 15 is 0 Å². The van der Waals surface area contributed by atoms with Gasteiger partial charge in [0.15, 0.2) is 5.28 Å². The molecule has 1 amide bonds. The maximum absolute atomic E-state index is 12.0. The minimum absolute atomic E-state index is 0.377. The predicted molar refractivity (Wildman–Crippen MR) is 76.7 cm³/mol. The Morgan fingerprint density at radius 2 is 2.05 bits per heavy atom. The number of halogens is 1. The van der Waals surface area contributed by atoms with Crippen molar-refractivity contribution in [2.75, 3.05) is 11.9 Å². The van der Waals surface area contributed by atoms with Crippen molar-refractivity contribution in [1.82, 2.24) is 5.01 Å². The fraction of sp³-hybridized carbons (Fsp3) is 0.364. The number of rotatable bonds is 3. The molecule has 1 heterocycles. The fourth-order valence-electron chi connectivity index (χ4n) is 2.08. The van der Waals surface area contributed by atoms with E-state index in [9.17, 15) is 9.36 Å². The Balaban J connectivity index is 2.21. The first-order valence-corrected chi connectivity index (χ1v) is 7.24. The summed E-state index contributed by atoms with van der Waals surface area (Å²) in [5.74, 6) is 5.05. The third-order valence-corrected chi connectivity index (χ3v) is 4.54. The van der Waals surface area contributed by atoms with Gasteiger partial charge in [0.05, 0.1) is 14.5 Å². The van der Waals surface area contributed by atoms with Crippen molar-refractivity contribution < 1.29 is 9.36 Å². The Bertz CT molecular complexity index is 498. The van der Waals surface area contributed by atoms with Gasteiger partial charge in [-0.1, -0.05) is 11.6 Å². The van der Waals surface area contributed by atoms with Crippen molar-refractivity contribution >= 4 is 31.7 Å².